The van der Waals surface area contributed by atoms with Crippen molar-refractivity contribution >= 4 is 0 Å². The Morgan fingerprint density at radius 1 is 0.786 bits per heavy atom. The van der Waals surface area contributed by atoms with Crippen molar-refractivity contribution in [1.82, 2.24) is 15.1 Å². The average Bonchev–Trinajstić information content (AvgIpc) is 2.98. The van der Waals surface area contributed by atoms with Crippen LogP contribution in [0.15, 0.2) is 0 Å². The summed E-state index contributed by atoms with van der Waals surface area (Å²) in [7, 11) is 0. The van der Waals surface area contributed by atoms with Gasteiger partial charge >= 0.3 is 0 Å². The lowest BCUT2D eigenvalue weighted by Gasteiger charge is -2.32. The molecule has 0 spiro atoms. The first-order valence-corrected chi connectivity index (χ1v) is 6.12. The number of hydrogen-bond donors (Lipinski definition) is 1. The van der Waals surface area contributed by atoms with Gasteiger partial charge in [0, 0.05) is 51.4 Å². The largest absolute Gasteiger partial charge is 0.314 e. The van der Waals surface area contributed by atoms with Crippen LogP contribution < -0.4 is 5.32 Å². The van der Waals surface area contributed by atoms with Crippen molar-refractivity contribution in [2.24, 2.45) is 0 Å². The summed E-state index contributed by atoms with van der Waals surface area (Å²) in [4.78, 5) is 5.41. The molecular formula is C11H21N3. The van der Waals surface area contributed by atoms with Crippen LogP contribution in [0.25, 0.3) is 0 Å². The number of nitrogens with zero attached hydrogens (tertiary/aromatic N) is 2. The summed E-state index contributed by atoms with van der Waals surface area (Å²) >= 11 is 0. The molecule has 2 heterocycles. The first-order chi connectivity index (χ1) is 6.93. The molecule has 0 aromatic carbocycles. The van der Waals surface area contributed by atoms with Crippen molar-refractivity contribution in [1.29, 1.82) is 0 Å². The minimum Gasteiger partial charge on any atom is -0.314 e. The Morgan fingerprint density at radius 2 is 1.57 bits per heavy atom. The maximum atomic E-state index is 3.43. The summed E-state index contributed by atoms with van der Waals surface area (Å²) < 4.78 is 0. The van der Waals surface area contributed by atoms with Crippen LogP contribution in [0.3, 0.4) is 0 Å². The fraction of sp³-hybridized carbons (Fsp3) is 1.00. The first-order valence-electron chi connectivity index (χ1n) is 6.12. The van der Waals surface area contributed by atoms with E-state index in [4.69, 9.17) is 0 Å². The highest BCUT2D eigenvalue weighted by Gasteiger charge is 2.36. The lowest BCUT2D eigenvalue weighted by molar-refractivity contribution is 0.170. The number of likely N-dealkylation sites (tertiary alicyclic amines) is 1. The predicted molar refractivity (Wildman–Crippen MR) is 57.4 cm³/mol. The van der Waals surface area contributed by atoms with Gasteiger partial charge in [0.15, 0.2) is 0 Å². The molecule has 3 rings (SSSR count). The van der Waals surface area contributed by atoms with Gasteiger partial charge in [-0.3, -0.25) is 9.80 Å². The molecular weight excluding hydrogens is 174 g/mol. The van der Waals surface area contributed by atoms with Gasteiger partial charge in [0.05, 0.1) is 0 Å². The van der Waals surface area contributed by atoms with Gasteiger partial charge in [-0.25, -0.2) is 0 Å². The van der Waals surface area contributed by atoms with Crippen molar-refractivity contribution in [2.45, 2.75) is 31.3 Å². The summed E-state index contributed by atoms with van der Waals surface area (Å²) in [6.45, 7) is 7.64. The molecule has 3 nitrogen and oxygen atoms in total. The van der Waals surface area contributed by atoms with E-state index < -0.39 is 0 Å². The second-order valence-corrected chi connectivity index (χ2v) is 4.95. The van der Waals surface area contributed by atoms with Gasteiger partial charge in [-0.05, 0) is 19.3 Å². The SMILES string of the molecule is C1CN([C@@H]2CCN(C3CC3)C2)CCN1. The Labute approximate surface area is 86.4 Å². The zero-order valence-corrected chi connectivity index (χ0v) is 8.91. The molecule has 0 unspecified atom stereocenters. The summed E-state index contributed by atoms with van der Waals surface area (Å²) in [5.41, 5.74) is 0. The van der Waals surface area contributed by atoms with Crippen molar-refractivity contribution in [3.8, 4) is 0 Å². The summed E-state index contributed by atoms with van der Waals surface area (Å²) in [6.07, 6.45) is 4.35. The molecule has 3 heteroatoms. The molecule has 0 bridgehead atoms. The van der Waals surface area contributed by atoms with E-state index >= 15 is 0 Å². The molecule has 0 amide bonds. The van der Waals surface area contributed by atoms with Crippen LogP contribution >= 0.6 is 0 Å². The standard InChI is InChI=1S/C11H21N3/c1-2-10(1)14-6-3-11(9-14)13-7-4-12-5-8-13/h10-12H,1-9H2/t11-/m1/s1. The lowest BCUT2D eigenvalue weighted by Crippen LogP contribution is -2.49. The monoisotopic (exact) mass is 195 g/mol. The molecule has 2 aliphatic heterocycles. The van der Waals surface area contributed by atoms with Crippen LogP contribution in [0.5, 0.6) is 0 Å². The Balaban J connectivity index is 1.52. The maximum Gasteiger partial charge on any atom is 0.0236 e. The topological polar surface area (TPSA) is 18.5 Å². The maximum absolute atomic E-state index is 3.43. The number of rotatable bonds is 2. The van der Waals surface area contributed by atoms with Crippen molar-refractivity contribution in [3.63, 3.8) is 0 Å². The summed E-state index contributed by atoms with van der Waals surface area (Å²) in [6, 6.07) is 1.85. The molecule has 3 aliphatic rings. The fourth-order valence-electron chi connectivity index (χ4n) is 2.88. The normalized spacial score (nSPS) is 36.4. The first kappa shape index (κ1) is 9.13. The molecule has 14 heavy (non-hydrogen) atoms. The van der Waals surface area contributed by atoms with Gasteiger partial charge in [-0.1, -0.05) is 0 Å². The zero-order valence-electron chi connectivity index (χ0n) is 8.91. The number of hydrogen-bond acceptors (Lipinski definition) is 3. The van der Waals surface area contributed by atoms with Gasteiger partial charge in [0.25, 0.3) is 0 Å². The molecule has 80 valence electrons. The second-order valence-electron chi connectivity index (χ2n) is 4.95. The highest BCUT2D eigenvalue weighted by Crippen LogP contribution is 2.31. The van der Waals surface area contributed by atoms with Crippen molar-refractivity contribution < 1.29 is 0 Å². The van der Waals surface area contributed by atoms with E-state index in [0.29, 0.717) is 0 Å². The van der Waals surface area contributed by atoms with Gasteiger partial charge in [0.1, 0.15) is 0 Å². The predicted octanol–water partition coefficient (Wildman–Crippen LogP) is 0.128. The van der Waals surface area contributed by atoms with Gasteiger partial charge < -0.3 is 5.32 Å². The molecule has 3 fully saturated rings. The molecule has 1 saturated carbocycles. The van der Waals surface area contributed by atoms with Gasteiger partial charge in [0.2, 0.25) is 0 Å². The van der Waals surface area contributed by atoms with Crippen molar-refractivity contribution in [3.05, 3.63) is 0 Å². The highest BCUT2D eigenvalue weighted by atomic mass is 15.3. The van der Waals surface area contributed by atoms with E-state index in [-0.39, 0.29) is 0 Å². The average molecular weight is 195 g/mol. The molecule has 0 radical (unpaired) electrons. The molecule has 2 saturated heterocycles. The van der Waals surface area contributed by atoms with Gasteiger partial charge in [-0.2, -0.15) is 0 Å². The lowest BCUT2D eigenvalue weighted by atomic mass is 10.2. The van der Waals surface area contributed by atoms with Crippen molar-refractivity contribution in [2.75, 3.05) is 39.3 Å². The second kappa shape index (κ2) is 3.80. The third kappa shape index (κ3) is 1.81. The zero-order chi connectivity index (χ0) is 9.38. The molecule has 1 aliphatic carbocycles. The summed E-state index contributed by atoms with van der Waals surface area (Å²) in [5.74, 6) is 0. The highest BCUT2D eigenvalue weighted by molar-refractivity contribution is 4.93. The van der Waals surface area contributed by atoms with Gasteiger partial charge in [-0.15, -0.1) is 0 Å². The van der Waals surface area contributed by atoms with Crippen LogP contribution in [0.1, 0.15) is 19.3 Å². The quantitative estimate of drug-likeness (QED) is 0.675. The van der Waals surface area contributed by atoms with E-state index in [9.17, 15) is 0 Å². The fourth-order valence-corrected chi connectivity index (χ4v) is 2.88. The molecule has 1 N–H and O–H groups in total. The van der Waals surface area contributed by atoms with Crippen LogP contribution in [-0.4, -0.2) is 61.2 Å². The van der Waals surface area contributed by atoms with Crippen LogP contribution in [0.2, 0.25) is 0 Å². The Hall–Kier alpha value is -0.120. The molecule has 1 atom stereocenters. The molecule has 0 aromatic rings. The number of nitrogens with one attached hydrogen (secondary N) is 1. The Bertz CT molecular complexity index is 197. The van der Waals surface area contributed by atoms with E-state index in [1.165, 1.54) is 58.5 Å². The third-order valence-corrected chi connectivity index (χ3v) is 3.93. The summed E-state index contributed by atoms with van der Waals surface area (Å²) in [5, 5.41) is 3.43. The van der Waals surface area contributed by atoms with E-state index in [1.54, 1.807) is 0 Å². The minimum atomic E-state index is 0.873. The molecule has 0 aromatic heterocycles. The van der Waals surface area contributed by atoms with Crippen LogP contribution in [-0.2, 0) is 0 Å². The third-order valence-electron chi connectivity index (χ3n) is 3.93. The van der Waals surface area contributed by atoms with E-state index in [1.807, 2.05) is 0 Å². The van der Waals surface area contributed by atoms with Crippen LogP contribution in [0.4, 0.5) is 0 Å². The number of piperazine rings is 1. The smallest absolute Gasteiger partial charge is 0.0236 e. The van der Waals surface area contributed by atoms with E-state index in [2.05, 4.69) is 15.1 Å². The minimum absolute atomic E-state index is 0.873. The van der Waals surface area contributed by atoms with E-state index in [0.717, 1.165) is 12.1 Å². The Kier molecular flexibility index (Phi) is 2.48. The van der Waals surface area contributed by atoms with Crippen LogP contribution in [0, 0.1) is 0 Å². The Morgan fingerprint density at radius 3 is 2.29 bits per heavy atom.